The molecule has 31 heavy (non-hydrogen) atoms. The summed E-state index contributed by atoms with van der Waals surface area (Å²) in [7, 11) is -1.64. The Balaban J connectivity index is 1.27. The van der Waals surface area contributed by atoms with Crippen LogP contribution in [0.1, 0.15) is 24.8 Å². The van der Waals surface area contributed by atoms with Crippen LogP contribution in [0.2, 0.25) is 0 Å². The highest BCUT2D eigenvalue weighted by atomic mass is 32.2. The summed E-state index contributed by atoms with van der Waals surface area (Å²) >= 11 is 0. The van der Waals surface area contributed by atoms with E-state index in [1.54, 1.807) is 36.2 Å². The largest absolute Gasteiger partial charge is 0.486 e. The zero-order valence-corrected chi connectivity index (χ0v) is 18.5. The first kappa shape index (κ1) is 21.6. The van der Waals surface area contributed by atoms with Crippen molar-refractivity contribution in [3.8, 4) is 11.5 Å². The molecule has 0 aliphatic carbocycles. The van der Waals surface area contributed by atoms with Gasteiger partial charge in [0, 0.05) is 26.6 Å². The molecule has 1 saturated heterocycles. The number of hydrogen-bond acceptors (Lipinski definition) is 5. The number of aryl methyl sites for hydroxylation is 1. The first-order chi connectivity index (χ1) is 14.9. The summed E-state index contributed by atoms with van der Waals surface area (Å²) in [6.07, 6.45) is 2.52. The van der Waals surface area contributed by atoms with Crippen LogP contribution < -0.4 is 9.47 Å². The minimum atomic E-state index is -3.41. The summed E-state index contributed by atoms with van der Waals surface area (Å²) in [6, 6.07) is 14.4. The molecule has 8 heteroatoms. The Labute approximate surface area is 183 Å². The molecule has 1 fully saturated rings. The number of benzene rings is 2. The molecule has 0 spiro atoms. The molecule has 2 aliphatic heterocycles. The summed E-state index contributed by atoms with van der Waals surface area (Å²) < 4.78 is 38.4. The number of carbonyl (C=O) groups is 1. The van der Waals surface area contributed by atoms with E-state index >= 15 is 0 Å². The summed E-state index contributed by atoms with van der Waals surface area (Å²) in [5.74, 6) is 1.43. The zero-order chi connectivity index (χ0) is 21.8. The van der Waals surface area contributed by atoms with Crippen molar-refractivity contribution in [1.29, 1.82) is 0 Å². The molecule has 1 amide bonds. The van der Waals surface area contributed by atoms with E-state index in [1.807, 2.05) is 24.3 Å². The number of likely N-dealkylation sites (N-methyl/N-ethyl adjacent to an activating group) is 1. The van der Waals surface area contributed by atoms with Crippen molar-refractivity contribution in [1.82, 2.24) is 9.21 Å². The minimum Gasteiger partial charge on any atom is -0.486 e. The summed E-state index contributed by atoms with van der Waals surface area (Å²) in [5.41, 5.74) is 0.938. The maximum absolute atomic E-state index is 12.6. The van der Waals surface area contributed by atoms with Crippen molar-refractivity contribution in [2.24, 2.45) is 0 Å². The van der Waals surface area contributed by atoms with Crippen molar-refractivity contribution in [2.75, 3.05) is 33.3 Å². The van der Waals surface area contributed by atoms with Crippen LogP contribution in [0.4, 0.5) is 0 Å². The van der Waals surface area contributed by atoms with Gasteiger partial charge in [0.2, 0.25) is 15.9 Å². The van der Waals surface area contributed by atoms with Crippen molar-refractivity contribution >= 4 is 15.9 Å². The molecule has 0 N–H and O–H groups in total. The van der Waals surface area contributed by atoms with Crippen molar-refractivity contribution < 1.29 is 22.7 Å². The van der Waals surface area contributed by atoms with Gasteiger partial charge < -0.3 is 14.4 Å². The number of rotatable bonds is 7. The standard InChI is InChI=1S/C23H28N2O5S/c1-24(16-19-17-29-21-6-2-3-7-22(21)30-19)23(26)13-10-18-8-11-20(12-9-18)31(27,28)25-14-4-5-15-25/h2-3,6-9,11-12,19H,4-5,10,13-17H2,1H3/t19-/m0/s1. The van der Waals surface area contributed by atoms with E-state index in [-0.39, 0.29) is 12.0 Å². The fourth-order valence-corrected chi connectivity index (χ4v) is 5.43. The third kappa shape index (κ3) is 5.02. The van der Waals surface area contributed by atoms with Crippen LogP contribution in [-0.4, -0.2) is 62.9 Å². The predicted molar refractivity (Wildman–Crippen MR) is 117 cm³/mol. The lowest BCUT2D eigenvalue weighted by Crippen LogP contribution is -2.41. The first-order valence-electron chi connectivity index (χ1n) is 10.6. The summed E-state index contributed by atoms with van der Waals surface area (Å²) in [6.45, 7) is 2.03. The third-order valence-corrected chi connectivity index (χ3v) is 7.64. The average molecular weight is 445 g/mol. The Morgan fingerprint density at radius 1 is 1.06 bits per heavy atom. The molecule has 166 valence electrons. The third-order valence-electron chi connectivity index (χ3n) is 5.72. The van der Waals surface area contributed by atoms with Crippen molar-refractivity contribution in [2.45, 2.75) is 36.7 Å². The lowest BCUT2D eigenvalue weighted by molar-refractivity contribution is -0.131. The molecule has 2 aromatic carbocycles. The Morgan fingerprint density at radius 2 is 1.74 bits per heavy atom. The van der Waals surface area contributed by atoms with E-state index in [2.05, 4.69) is 0 Å². The van der Waals surface area contributed by atoms with Gasteiger partial charge in [0.25, 0.3) is 0 Å². The lowest BCUT2D eigenvalue weighted by atomic mass is 10.1. The quantitative estimate of drug-likeness (QED) is 0.656. The number of hydrogen-bond donors (Lipinski definition) is 0. The van der Waals surface area contributed by atoms with Crippen LogP contribution in [0.25, 0.3) is 0 Å². The second kappa shape index (κ2) is 9.28. The van der Waals surface area contributed by atoms with Crippen LogP contribution in [0.15, 0.2) is 53.4 Å². The van der Waals surface area contributed by atoms with Gasteiger partial charge in [-0.3, -0.25) is 4.79 Å². The monoisotopic (exact) mass is 444 g/mol. The van der Waals surface area contributed by atoms with E-state index in [1.165, 1.54) is 4.31 Å². The molecule has 2 aliphatic rings. The van der Waals surface area contributed by atoms with Gasteiger partial charge in [-0.1, -0.05) is 24.3 Å². The molecule has 2 aromatic rings. The van der Waals surface area contributed by atoms with Crippen molar-refractivity contribution in [3.63, 3.8) is 0 Å². The smallest absolute Gasteiger partial charge is 0.243 e. The predicted octanol–water partition coefficient (Wildman–Crippen LogP) is 2.70. The maximum Gasteiger partial charge on any atom is 0.243 e. The number of para-hydroxylation sites is 2. The normalized spacial score (nSPS) is 18.7. The molecule has 0 unspecified atom stereocenters. The molecular weight excluding hydrogens is 416 g/mol. The fourth-order valence-electron chi connectivity index (χ4n) is 3.91. The summed E-state index contributed by atoms with van der Waals surface area (Å²) in [5, 5.41) is 0. The molecule has 0 saturated carbocycles. The zero-order valence-electron chi connectivity index (χ0n) is 17.7. The highest BCUT2D eigenvalue weighted by Crippen LogP contribution is 2.31. The topological polar surface area (TPSA) is 76.1 Å². The van der Waals surface area contributed by atoms with Gasteiger partial charge in [-0.2, -0.15) is 4.31 Å². The lowest BCUT2D eigenvalue weighted by Gasteiger charge is -2.29. The molecule has 1 atom stereocenters. The van der Waals surface area contributed by atoms with E-state index < -0.39 is 10.0 Å². The molecule has 4 rings (SSSR count). The average Bonchev–Trinajstić information content (AvgIpc) is 3.33. The number of nitrogens with zero attached hydrogens (tertiary/aromatic N) is 2. The van der Waals surface area contributed by atoms with E-state index in [9.17, 15) is 13.2 Å². The fraction of sp³-hybridized carbons (Fsp3) is 0.435. The minimum absolute atomic E-state index is 0.0104. The van der Waals surface area contributed by atoms with Gasteiger partial charge >= 0.3 is 0 Å². The number of fused-ring (bicyclic) bond motifs is 1. The number of ether oxygens (including phenoxy) is 2. The van der Waals surface area contributed by atoms with Crippen LogP contribution in [0.3, 0.4) is 0 Å². The first-order valence-corrected chi connectivity index (χ1v) is 12.1. The van der Waals surface area contributed by atoms with Gasteiger partial charge in [0.1, 0.15) is 6.61 Å². The maximum atomic E-state index is 12.6. The van der Waals surface area contributed by atoms with Gasteiger partial charge in [0.15, 0.2) is 17.6 Å². The van der Waals surface area contributed by atoms with E-state index in [0.717, 1.165) is 24.2 Å². The molecule has 7 nitrogen and oxygen atoms in total. The summed E-state index contributed by atoms with van der Waals surface area (Å²) in [4.78, 5) is 14.5. The highest BCUT2D eigenvalue weighted by Gasteiger charge is 2.27. The second-order valence-corrected chi connectivity index (χ2v) is 9.96. The van der Waals surface area contributed by atoms with Crippen LogP contribution in [-0.2, 0) is 21.2 Å². The van der Waals surface area contributed by atoms with Gasteiger partial charge in [-0.25, -0.2) is 8.42 Å². The van der Waals surface area contributed by atoms with Crippen LogP contribution >= 0.6 is 0 Å². The SMILES string of the molecule is CN(C[C@H]1COc2ccccc2O1)C(=O)CCc1ccc(S(=O)(=O)N2CCCC2)cc1. The Kier molecular flexibility index (Phi) is 6.48. The molecule has 2 heterocycles. The number of amides is 1. The van der Waals surface area contributed by atoms with Crippen LogP contribution in [0, 0.1) is 0 Å². The number of carbonyl (C=O) groups excluding carboxylic acids is 1. The highest BCUT2D eigenvalue weighted by molar-refractivity contribution is 7.89. The second-order valence-electron chi connectivity index (χ2n) is 8.03. The Hall–Kier alpha value is -2.58. The molecular formula is C23H28N2O5S. The Bertz CT molecular complexity index is 1020. The van der Waals surface area contributed by atoms with Gasteiger partial charge in [-0.05, 0) is 49.1 Å². The Morgan fingerprint density at radius 3 is 2.45 bits per heavy atom. The van der Waals surface area contributed by atoms with E-state index in [4.69, 9.17) is 9.47 Å². The van der Waals surface area contributed by atoms with Gasteiger partial charge in [0.05, 0.1) is 11.4 Å². The number of sulfonamides is 1. The van der Waals surface area contributed by atoms with E-state index in [0.29, 0.717) is 49.7 Å². The molecule has 0 aromatic heterocycles. The molecule has 0 bridgehead atoms. The van der Waals surface area contributed by atoms with Crippen LogP contribution in [0.5, 0.6) is 11.5 Å². The molecule has 0 radical (unpaired) electrons. The van der Waals surface area contributed by atoms with Crippen molar-refractivity contribution in [3.05, 3.63) is 54.1 Å². The van der Waals surface area contributed by atoms with Gasteiger partial charge in [-0.15, -0.1) is 0 Å².